The third kappa shape index (κ3) is 7.00. The van der Waals surface area contributed by atoms with Gasteiger partial charge in [-0.2, -0.15) is 0 Å². The second-order valence-corrected chi connectivity index (χ2v) is 2.61. The molecule has 0 amide bonds. The first-order chi connectivity index (χ1) is 5.81. The molecule has 0 saturated heterocycles. The Morgan fingerprint density at radius 1 is 1.25 bits per heavy atom. The fourth-order valence-corrected chi connectivity index (χ4v) is 0.652. The molecule has 1 aromatic carbocycles. The Morgan fingerprint density at radius 3 is 2.00 bits per heavy atom. The fraction of sp³-hybridized carbons (Fsp3) is 0.364. The molecule has 1 nitrogen and oxygen atoms in total. The molecule has 0 aliphatic heterocycles. The molecule has 0 spiro atoms. The average molecular weight is 164 g/mol. The maximum absolute atomic E-state index is 9.40. The van der Waals surface area contributed by atoms with E-state index in [9.17, 15) is 4.79 Å². The summed E-state index contributed by atoms with van der Waals surface area (Å²) in [5.41, 5.74) is 1.32. The van der Waals surface area contributed by atoms with Gasteiger partial charge in [0.05, 0.1) is 0 Å². The molecule has 66 valence electrons. The highest BCUT2D eigenvalue weighted by atomic mass is 16.1. The monoisotopic (exact) mass is 164 g/mol. The van der Waals surface area contributed by atoms with Crippen LogP contribution in [-0.2, 0) is 4.79 Å². The van der Waals surface area contributed by atoms with E-state index in [0.717, 1.165) is 12.7 Å². The molecule has 1 aromatic rings. The average Bonchev–Trinajstić information content (AvgIpc) is 2.08. The van der Waals surface area contributed by atoms with Gasteiger partial charge < -0.3 is 4.79 Å². The van der Waals surface area contributed by atoms with Crippen LogP contribution < -0.4 is 0 Å². The van der Waals surface area contributed by atoms with Gasteiger partial charge in [0.15, 0.2) is 0 Å². The highest BCUT2D eigenvalue weighted by molar-refractivity contribution is 5.48. The van der Waals surface area contributed by atoms with E-state index in [0.29, 0.717) is 6.42 Å². The Kier molecular flexibility index (Phi) is 7.25. The smallest absolute Gasteiger partial charge is 0.119 e. The van der Waals surface area contributed by atoms with Crippen molar-refractivity contribution in [3.05, 3.63) is 35.9 Å². The van der Waals surface area contributed by atoms with Gasteiger partial charge in [-0.05, 0) is 13.3 Å². The molecule has 0 aliphatic rings. The minimum Gasteiger partial charge on any atom is -0.303 e. The van der Waals surface area contributed by atoms with E-state index < -0.39 is 0 Å². The molecule has 0 radical (unpaired) electrons. The van der Waals surface area contributed by atoms with Crippen LogP contribution in [0.5, 0.6) is 0 Å². The van der Waals surface area contributed by atoms with E-state index in [1.807, 2.05) is 25.1 Å². The molecule has 0 aromatic heterocycles. The van der Waals surface area contributed by atoms with Crippen LogP contribution in [-0.4, -0.2) is 6.29 Å². The number of carbonyl (C=O) groups excluding carboxylic acids is 1. The zero-order valence-electron chi connectivity index (χ0n) is 7.79. The molecule has 1 heteroatoms. The van der Waals surface area contributed by atoms with Crippen molar-refractivity contribution in [3.63, 3.8) is 0 Å². The molecule has 1 rings (SSSR count). The van der Waals surface area contributed by atoms with Crippen LogP contribution in [0, 0.1) is 6.92 Å². The molecule has 0 fully saturated rings. The SMILES string of the molecule is CCCC=O.Cc1ccccc1. The van der Waals surface area contributed by atoms with Crippen molar-refractivity contribution < 1.29 is 4.79 Å². The number of carbonyl (C=O) groups is 1. The lowest BCUT2D eigenvalue weighted by Crippen LogP contribution is -1.64. The molecular weight excluding hydrogens is 148 g/mol. The highest BCUT2D eigenvalue weighted by Gasteiger charge is 1.72. The first kappa shape index (κ1) is 10.9. The van der Waals surface area contributed by atoms with Gasteiger partial charge in [0.2, 0.25) is 0 Å². The van der Waals surface area contributed by atoms with Crippen LogP contribution in [0.25, 0.3) is 0 Å². The second kappa shape index (κ2) is 7.99. The third-order valence-corrected chi connectivity index (χ3v) is 1.35. The summed E-state index contributed by atoms with van der Waals surface area (Å²) in [7, 11) is 0. The number of hydrogen-bond donors (Lipinski definition) is 0. The first-order valence-electron chi connectivity index (χ1n) is 4.26. The van der Waals surface area contributed by atoms with Crippen LogP contribution >= 0.6 is 0 Å². The number of hydrogen-bond acceptors (Lipinski definition) is 1. The lowest BCUT2D eigenvalue weighted by molar-refractivity contribution is -0.107. The van der Waals surface area contributed by atoms with Crippen molar-refractivity contribution >= 4 is 6.29 Å². The quantitative estimate of drug-likeness (QED) is 0.614. The Labute approximate surface area is 74.4 Å². The Balaban J connectivity index is 0.000000217. The molecule has 0 aliphatic carbocycles. The van der Waals surface area contributed by atoms with E-state index in [1.165, 1.54) is 5.56 Å². The summed E-state index contributed by atoms with van der Waals surface area (Å²) in [6.07, 6.45) is 2.61. The van der Waals surface area contributed by atoms with E-state index in [2.05, 4.69) is 19.1 Å². The van der Waals surface area contributed by atoms with Gasteiger partial charge in [-0.1, -0.05) is 42.8 Å². The molecular formula is C11H16O. The minimum atomic E-state index is 0.708. The molecule has 0 atom stereocenters. The van der Waals surface area contributed by atoms with Gasteiger partial charge in [0.25, 0.3) is 0 Å². The van der Waals surface area contributed by atoms with Crippen molar-refractivity contribution in [2.75, 3.05) is 0 Å². The highest BCUT2D eigenvalue weighted by Crippen LogP contribution is 1.92. The first-order valence-corrected chi connectivity index (χ1v) is 4.26. The van der Waals surface area contributed by atoms with Gasteiger partial charge in [0.1, 0.15) is 6.29 Å². The summed E-state index contributed by atoms with van der Waals surface area (Å²) in [4.78, 5) is 9.40. The van der Waals surface area contributed by atoms with Gasteiger partial charge in [-0.3, -0.25) is 0 Å². The number of aryl methyl sites for hydroxylation is 1. The standard InChI is InChI=1S/C7H8.C4H8O/c1-7-5-3-2-4-6-7;1-2-3-4-5/h2-6H,1H3;4H,2-3H2,1H3. The topological polar surface area (TPSA) is 17.1 Å². The predicted molar refractivity (Wildman–Crippen MR) is 52.2 cm³/mol. The maximum atomic E-state index is 9.40. The molecule has 0 saturated carbocycles. The number of rotatable bonds is 2. The van der Waals surface area contributed by atoms with E-state index in [-0.39, 0.29) is 0 Å². The van der Waals surface area contributed by atoms with Crippen molar-refractivity contribution in [2.24, 2.45) is 0 Å². The number of unbranched alkanes of at least 4 members (excludes halogenated alkanes) is 1. The lowest BCUT2D eigenvalue weighted by atomic mass is 10.2. The van der Waals surface area contributed by atoms with Crippen LogP contribution in [0.15, 0.2) is 30.3 Å². The predicted octanol–water partition coefficient (Wildman–Crippen LogP) is 2.98. The van der Waals surface area contributed by atoms with Crippen LogP contribution in [0.3, 0.4) is 0 Å². The maximum Gasteiger partial charge on any atom is 0.119 e. The Hall–Kier alpha value is -1.11. The van der Waals surface area contributed by atoms with Gasteiger partial charge in [-0.25, -0.2) is 0 Å². The Bertz CT molecular complexity index is 191. The van der Waals surface area contributed by atoms with E-state index in [4.69, 9.17) is 0 Å². The van der Waals surface area contributed by atoms with Crippen LogP contribution in [0.2, 0.25) is 0 Å². The summed E-state index contributed by atoms with van der Waals surface area (Å²) in [5.74, 6) is 0. The minimum absolute atomic E-state index is 0.708. The normalized spacial score (nSPS) is 8.17. The fourth-order valence-electron chi connectivity index (χ4n) is 0.652. The van der Waals surface area contributed by atoms with Crippen molar-refractivity contribution in [2.45, 2.75) is 26.7 Å². The zero-order valence-corrected chi connectivity index (χ0v) is 7.79. The summed E-state index contributed by atoms with van der Waals surface area (Å²) in [5, 5.41) is 0. The molecule has 0 bridgehead atoms. The summed E-state index contributed by atoms with van der Waals surface area (Å²) in [6.45, 7) is 4.06. The van der Waals surface area contributed by atoms with Crippen molar-refractivity contribution in [3.8, 4) is 0 Å². The van der Waals surface area contributed by atoms with E-state index >= 15 is 0 Å². The second-order valence-electron chi connectivity index (χ2n) is 2.61. The van der Waals surface area contributed by atoms with Crippen molar-refractivity contribution in [1.82, 2.24) is 0 Å². The summed E-state index contributed by atoms with van der Waals surface area (Å²) >= 11 is 0. The molecule has 12 heavy (non-hydrogen) atoms. The van der Waals surface area contributed by atoms with Gasteiger partial charge >= 0.3 is 0 Å². The zero-order chi connectivity index (χ0) is 9.23. The van der Waals surface area contributed by atoms with Crippen LogP contribution in [0.4, 0.5) is 0 Å². The summed E-state index contributed by atoms with van der Waals surface area (Å²) in [6, 6.07) is 10.3. The largest absolute Gasteiger partial charge is 0.303 e. The molecule has 0 heterocycles. The van der Waals surface area contributed by atoms with Gasteiger partial charge in [-0.15, -0.1) is 0 Å². The molecule has 0 N–H and O–H groups in total. The Morgan fingerprint density at radius 2 is 1.83 bits per heavy atom. The number of aldehydes is 1. The third-order valence-electron chi connectivity index (χ3n) is 1.35. The van der Waals surface area contributed by atoms with Gasteiger partial charge in [0, 0.05) is 6.42 Å². The summed E-state index contributed by atoms with van der Waals surface area (Å²) < 4.78 is 0. The van der Waals surface area contributed by atoms with Crippen molar-refractivity contribution in [1.29, 1.82) is 0 Å². The molecule has 0 unspecified atom stereocenters. The lowest BCUT2D eigenvalue weighted by Gasteiger charge is -1.82. The van der Waals surface area contributed by atoms with E-state index in [1.54, 1.807) is 0 Å². The van der Waals surface area contributed by atoms with Crippen LogP contribution in [0.1, 0.15) is 25.3 Å². The number of benzene rings is 1.